The van der Waals surface area contributed by atoms with Gasteiger partial charge >= 0.3 is 5.97 Å². The Morgan fingerprint density at radius 1 is 1.31 bits per heavy atom. The molecular formula is C11H12O4S. The van der Waals surface area contributed by atoms with Crippen molar-refractivity contribution < 1.29 is 18.3 Å². The first-order chi connectivity index (χ1) is 7.30. The highest BCUT2D eigenvalue weighted by Gasteiger charge is 2.08. The lowest BCUT2D eigenvalue weighted by molar-refractivity contribution is -0.132. The van der Waals surface area contributed by atoms with Gasteiger partial charge in [0.15, 0.2) is 9.84 Å². The lowest BCUT2D eigenvalue weighted by Crippen LogP contribution is -2.02. The number of sulfone groups is 1. The van der Waals surface area contributed by atoms with Crippen molar-refractivity contribution in [2.75, 3.05) is 6.26 Å². The molecule has 1 N–H and O–H groups in total. The van der Waals surface area contributed by atoms with Crippen molar-refractivity contribution in [3.05, 3.63) is 42.0 Å². The lowest BCUT2D eigenvalue weighted by Gasteiger charge is -2.02. The van der Waals surface area contributed by atoms with E-state index in [0.717, 1.165) is 11.8 Å². The normalized spacial score (nSPS) is 11.1. The minimum atomic E-state index is -3.20. The van der Waals surface area contributed by atoms with Gasteiger partial charge in [0.2, 0.25) is 0 Å². The fourth-order valence-corrected chi connectivity index (χ4v) is 1.81. The highest BCUT2D eigenvalue weighted by molar-refractivity contribution is 7.90. The molecule has 0 saturated heterocycles. The first-order valence-electron chi connectivity index (χ1n) is 4.51. The second-order valence-electron chi connectivity index (χ2n) is 3.50. The Labute approximate surface area is 94.1 Å². The summed E-state index contributed by atoms with van der Waals surface area (Å²) in [6.45, 7) is 3.40. The van der Waals surface area contributed by atoms with Gasteiger partial charge in [-0.3, -0.25) is 0 Å². The molecule has 5 heteroatoms. The molecule has 0 amide bonds. The van der Waals surface area contributed by atoms with Gasteiger partial charge in [0.1, 0.15) is 0 Å². The SMILES string of the molecule is C=C(Cc1ccc(S(C)(=O)=O)cc1)C(=O)O. The number of hydrogen-bond acceptors (Lipinski definition) is 3. The maximum absolute atomic E-state index is 11.2. The summed E-state index contributed by atoms with van der Waals surface area (Å²) in [6.07, 6.45) is 1.33. The largest absolute Gasteiger partial charge is 0.478 e. The predicted octanol–water partition coefficient (Wildman–Crippen LogP) is 1.27. The maximum Gasteiger partial charge on any atom is 0.331 e. The van der Waals surface area contributed by atoms with Crippen LogP contribution in [-0.2, 0) is 21.1 Å². The van der Waals surface area contributed by atoms with Crippen molar-refractivity contribution in [3.63, 3.8) is 0 Å². The second-order valence-corrected chi connectivity index (χ2v) is 5.52. The van der Waals surface area contributed by atoms with Crippen LogP contribution in [0.5, 0.6) is 0 Å². The van der Waals surface area contributed by atoms with Crippen LogP contribution in [0.4, 0.5) is 0 Å². The lowest BCUT2D eigenvalue weighted by atomic mass is 10.1. The molecule has 0 atom stereocenters. The number of carboxylic acid groups (broad SMARTS) is 1. The van der Waals surface area contributed by atoms with E-state index in [0.29, 0.717) is 0 Å². The molecule has 1 aromatic carbocycles. The minimum absolute atomic E-state index is 0.0760. The maximum atomic E-state index is 11.2. The molecule has 16 heavy (non-hydrogen) atoms. The molecule has 1 rings (SSSR count). The van der Waals surface area contributed by atoms with Crippen molar-refractivity contribution in [2.24, 2.45) is 0 Å². The highest BCUT2D eigenvalue weighted by Crippen LogP contribution is 2.12. The quantitative estimate of drug-likeness (QED) is 0.804. The van der Waals surface area contributed by atoms with Gasteiger partial charge in [0.25, 0.3) is 0 Å². The van der Waals surface area contributed by atoms with Crippen molar-refractivity contribution in [3.8, 4) is 0 Å². The molecule has 0 fully saturated rings. The second kappa shape index (κ2) is 4.49. The first kappa shape index (κ1) is 12.4. The topological polar surface area (TPSA) is 71.4 Å². The van der Waals surface area contributed by atoms with Gasteiger partial charge in [-0.05, 0) is 17.7 Å². The summed E-state index contributed by atoms with van der Waals surface area (Å²) in [5.74, 6) is -1.05. The Morgan fingerprint density at radius 2 is 1.81 bits per heavy atom. The summed E-state index contributed by atoms with van der Waals surface area (Å²) in [6, 6.07) is 6.09. The van der Waals surface area contributed by atoms with Crippen LogP contribution >= 0.6 is 0 Å². The monoisotopic (exact) mass is 240 g/mol. The molecule has 0 spiro atoms. The predicted molar refractivity (Wildman–Crippen MR) is 60.0 cm³/mol. The van der Waals surface area contributed by atoms with E-state index >= 15 is 0 Å². The van der Waals surface area contributed by atoms with Crippen molar-refractivity contribution in [2.45, 2.75) is 11.3 Å². The highest BCUT2D eigenvalue weighted by atomic mass is 32.2. The third-order valence-corrected chi connectivity index (χ3v) is 3.20. The molecule has 0 aliphatic rings. The van der Waals surface area contributed by atoms with E-state index in [9.17, 15) is 13.2 Å². The first-order valence-corrected chi connectivity index (χ1v) is 6.40. The zero-order valence-electron chi connectivity index (χ0n) is 8.80. The number of rotatable bonds is 4. The van der Waals surface area contributed by atoms with Gasteiger partial charge in [-0.25, -0.2) is 13.2 Å². The number of carbonyl (C=O) groups is 1. The van der Waals surface area contributed by atoms with E-state index in [2.05, 4.69) is 6.58 Å². The Hall–Kier alpha value is -1.62. The standard InChI is InChI=1S/C11H12O4S/c1-8(11(12)13)7-9-3-5-10(6-4-9)16(2,14)15/h3-6H,1,7H2,2H3,(H,12,13). The van der Waals surface area contributed by atoms with Crippen LogP contribution in [0.3, 0.4) is 0 Å². The van der Waals surface area contributed by atoms with Crippen LogP contribution in [-0.4, -0.2) is 25.7 Å². The molecule has 0 saturated carbocycles. The van der Waals surface area contributed by atoms with Crippen molar-refractivity contribution in [1.82, 2.24) is 0 Å². The van der Waals surface area contributed by atoms with Crippen LogP contribution in [0, 0.1) is 0 Å². The molecule has 4 nitrogen and oxygen atoms in total. The Balaban J connectivity index is 2.88. The fraction of sp³-hybridized carbons (Fsp3) is 0.182. The van der Waals surface area contributed by atoms with Gasteiger partial charge in [-0.2, -0.15) is 0 Å². The van der Waals surface area contributed by atoms with Gasteiger partial charge in [-0.1, -0.05) is 18.7 Å². The van der Waals surface area contributed by atoms with Gasteiger partial charge in [0, 0.05) is 18.2 Å². The Morgan fingerprint density at radius 3 is 2.19 bits per heavy atom. The molecule has 0 aliphatic heterocycles. The molecule has 86 valence electrons. The summed E-state index contributed by atoms with van der Waals surface area (Å²) in [4.78, 5) is 10.8. The molecule has 0 aromatic heterocycles. The summed E-state index contributed by atoms with van der Waals surface area (Å²) < 4.78 is 22.3. The molecule has 0 heterocycles. The van der Waals surface area contributed by atoms with Crippen molar-refractivity contribution in [1.29, 1.82) is 0 Å². The van der Waals surface area contributed by atoms with Crippen LogP contribution in [0.15, 0.2) is 41.3 Å². The molecule has 0 bridgehead atoms. The summed E-state index contributed by atoms with van der Waals surface area (Å²) in [7, 11) is -3.20. The van der Waals surface area contributed by atoms with Crippen LogP contribution in [0.25, 0.3) is 0 Å². The Kier molecular flexibility index (Phi) is 3.49. The number of hydrogen-bond donors (Lipinski definition) is 1. The molecule has 0 radical (unpaired) electrons. The minimum Gasteiger partial charge on any atom is -0.478 e. The average Bonchev–Trinajstić information content (AvgIpc) is 2.17. The molecule has 0 aliphatic carbocycles. The molecular weight excluding hydrogens is 228 g/mol. The van der Waals surface area contributed by atoms with Gasteiger partial charge < -0.3 is 5.11 Å². The summed E-state index contributed by atoms with van der Waals surface area (Å²) >= 11 is 0. The number of benzene rings is 1. The van der Waals surface area contributed by atoms with Crippen LogP contribution < -0.4 is 0 Å². The Bertz CT molecular complexity index is 511. The van der Waals surface area contributed by atoms with E-state index in [1.165, 1.54) is 12.1 Å². The number of carboxylic acids is 1. The third-order valence-electron chi connectivity index (χ3n) is 2.07. The molecule has 1 aromatic rings. The average molecular weight is 240 g/mol. The van der Waals surface area contributed by atoms with E-state index in [1.54, 1.807) is 12.1 Å². The fourth-order valence-electron chi connectivity index (χ4n) is 1.18. The van der Waals surface area contributed by atoms with E-state index in [-0.39, 0.29) is 16.9 Å². The van der Waals surface area contributed by atoms with Gasteiger partial charge in [-0.15, -0.1) is 0 Å². The van der Waals surface area contributed by atoms with E-state index in [4.69, 9.17) is 5.11 Å². The summed E-state index contributed by atoms with van der Waals surface area (Å²) in [5, 5.41) is 8.63. The third kappa shape index (κ3) is 3.20. The van der Waals surface area contributed by atoms with Crippen LogP contribution in [0.2, 0.25) is 0 Å². The summed E-state index contributed by atoms with van der Waals surface area (Å²) in [5.41, 5.74) is 0.798. The zero-order chi connectivity index (χ0) is 12.3. The number of aliphatic carboxylic acids is 1. The zero-order valence-corrected chi connectivity index (χ0v) is 9.62. The van der Waals surface area contributed by atoms with Gasteiger partial charge in [0.05, 0.1) is 4.90 Å². The van der Waals surface area contributed by atoms with Crippen LogP contribution in [0.1, 0.15) is 5.56 Å². The smallest absolute Gasteiger partial charge is 0.331 e. The van der Waals surface area contributed by atoms with E-state index in [1.807, 2.05) is 0 Å². The van der Waals surface area contributed by atoms with E-state index < -0.39 is 15.8 Å². The molecule has 0 unspecified atom stereocenters. The van der Waals surface area contributed by atoms with Crippen molar-refractivity contribution >= 4 is 15.8 Å².